The first-order chi connectivity index (χ1) is 10.6. The number of aryl methyl sites for hydroxylation is 1. The molecule has 0 bridgehead atoms. The largest absolute Gasteiger partial charge is 0.360 e. The van der Waals surface area contributed by atoms with Crippen LogP contribution in [0, 0.1) is 6.92 Å². The van der Waals surface area contributed by atoms with E-state index in [0.717, 1.165) is 11.1 Å². The zero-order valence-corrected chi connectivity index (χ0v) is 13.3. The maximum absolute atomic E-state index is 12.8. The van der Waals surface area contributed by atoms with Gasteiger partial charge in [0.1, 0.15) is 6.23 Å². The minimum Gasteiger partial charge on any atom is -0.360 e. The molecule has 1 fully saturated rings. The molecule has 4 nitrogen and oxygen atoms in total. The van der Waals surface area contributed by atoms with Gasteiger partial charge in [0.25, 0.3) is 0 Å². The molecule has 3 rings (SSSR count). The fourth-order valence-electron chi connectivity index (χ4n) is 2.60. The van der Waals surface area contributed by atoms with Gasteiger partial charge in [0, 0.05) is 13.0 Å². The molecule has 22 heavy (non-hydrogen) atoms. The van der Waals surface area contributed by atoms with E-state index in [2.05, 4.69) is 0 Å². The highest BCUT2D eigenvalue weighted by molar-refractivity contribution is 7.89. The third kappa shape index (κ3) is 3.06. The Morgan fingerprint density at radius 3 is 2.45 bits per heavy atom. The van der Waals surface area contributed by atoms with Gasteiger partial charge in [-0.15, -0.1) is 0 Å². The van der Waals surface area contributed by atoms with Gasteiger partial charge in [-0.25, -0.2) is 8.42 Å². The molecule has 1 saturated heterocycles. The number of benzene rings is 2. The predicted octanol–water partition coefficient (Wildman–Crippen LogP) is 2.58. The van der Waals surface area contributed by atoms with E-state index in [1.807, 2.05) is 49.4 Å². The van der Waals surface area contributed by atoms with E-state index < -0.39 is 16.3 Å². The maximum atomic E-state index is 12.8. The normalized spacial score (nSPS) is 19.4. The van der Waals surface area contributed by atoms with E-state index in [9.17, 15) is 8.42 Å². The fraction of sp³-hybridized carbons (Fsp3) is 0.294. The highest BCUT2D eigenvalue weighted by Crippen LogP contribution is 2.24. The lowest BCUT2D eigenvalue weighted by atomic mass is 10.1. The first-order valence-electron chi connectivity index (χ1n) is 7.31. The van der Waals surface area contributed by atoms with E-state index >= 15 is 0 Å². The third-order valence-electron chi connectivity index (χ3n) is 3.82. The summed E-state index contributed by atoms with van der Waals surface area (Å²) in [7, 11) is -3.52. The molecule has 0 radical (unpaired) electrons. The van der Waals surface area contributed by atoms with Crippen LogP contribution in [0.25, 0.3) is 0 Å². The summed E-state index contributed by atoms with van der Waals surface area (Å²) in [5.74, 6) is 0. The van der Waals surface area contributed by atoms with Crippen molar-refractivity contribution >= 4 is 10.0 Å². The van der Waals surface area contributed by atoms with Gasteiger partial charge in [-0.1, -0.05) is 48.0 Å². The van der Waals surface area contributed by atoms with E-state index in [1.165, 1.54) is 4.31 Å². The highest BCUT2D eigenvalue weighted by Gasteiger charge is 2.36. The van der Waals surface area contributed by atoms with Crippen LogP contribution >= 0.6 is 0 Å². The molecule has 0 aromatic heterocycles. The van der Waals surface area contributed by atoms with Crippen molar-refractivity contribution in [2.24, 2.45) is 0 Å². The van der Waals surface area contributed by atoms with Crippen LogP contribution in [0.1, 0.15) is 11.1 Å². The molecule has 0 spiro atoms. The second-order valence-corrected chi connectivity index (χ2v) is 7.33. The molecule has 116 valence electrons. The molecule has 5 heteroatoms. The summed E-state index contributed by atoms with van der Waals surface area (Å²) < 4.78 is 32.7. The summed E-state index contributed by atoms with van der Waals surface area (Å²) in [5.41, 5.74) is 2.11. The van der Waals surface area contributed by atoms with Crippen molar-refractivity contribution in [3.8, 4) is 0 Å². The molecule has 0 saturated carbocycles. The van der Waals surface area contributed by atoms with E-state index in [-0.39, 0.29) is 0 Å². The molecular formula is C17H19NO3S. The first kappa shape index (κ1) is 15.2. The number of hydrogen-bond donors (Lipinski definition) is 0. The van der Waals surface area contributed by atoms with Gasteiger partial charge in [0.2, 0.25) is 10.0 Å². The van der Waals surface area contributed by atoms with Gasteiger partial charge in [0.05, 0.1) is 11.5 Å². The Balaban J connectivity index is 1.84. The lowest BCUT2D eigenvalue weighted by molar-refractivity contribution is 0.0691. The van der Waals surface area contributed by atoms with Crippen molar-refractivity contribution in [3.63, 3.8) is 0 Å². The monoisotopic (exact) mass is 317 g/mol. The SMILES string of the molecule is Cc1ccc(S(=O)(=O)N2CCO[C@H]2Cc2ccccc2)cc1. The average Bonchev–Trinajstić information content (AvgIpc) is 2.98. The van der Waals surface area contributed by atoms with Gasteiger partial charge in [-0.2, -0.15) is 4.31 Å². The summed E-state index contributed by atoms with van der Waals surface area (Å²) in [6, 6.07) is 16.7. The van der Waals surface area contributed by atoms with E-state index in [4.69, 9.17) is 4.74 Å². The summed E-state index contributed by atoms with van der Waals surface area (Å²) in [5, 5.41) is 0. The Morgan fingerprint density at radius 1 is 1.09 bits per heavy atom. The molecule has 1 atom stereocenters. The fourth-order valence-corrected chi connectivity index (χ4v) is 4.11. The summed E-state index contributed by atoms with van der Waals surface area (Å²) >= 11 is 0. The quantitative estimate of drug-likeness (QED) is 0.871. The predicted molar refractivity (Wildman–Crippen MR) is 85.0 cm³/mol. The van der Waals surface area contributed by atoms with Crippen LogP contribution in [-0.4, -0.2) is 32.1 Å². The lowest BCUT2D eigenvalue weighted by Crippen LogP contribution is -2.37. The summed E-state index contributed by atoms with van der Waals surface area (Å²) in [6.45, 7) is 2.77. The van der Waals surface area contributed by atoms with Crippen molar-refractivity contribution in [2.45, 2.75) is 24.5 Å². The smallest absolute Gasteiger partial charge is 0.245 e. The zero-order valence-electron chi connectivity index (χ0n) is 12.5. The number of sulfonamides is 1. The first-order valence-corrected chi connectivity index (χ1v) is 8.75. The number of hydrogen-bond acceptors (Lipinski definition) is 3. The number of nitrogens with zero attached hydrogens (tertiary/aromatic N) is 1. The number of rotatable bonds is 4. The van der Waals surface area contributed by atoms with Crippen LogP contribution in [0.4, 0.5) is 0 Å². The molecule has 0 amide bonds. The summed E-state index contributed by atoms with van der Waals surface area (Å²) in [6.07, 6.45) is 0.125. The van der Waals surface area contributed by atoms with Gasteiger partial charge in [-0.05, 0) is 24.6 Å². The van der Waals surface area contributed by atoms with Gasteiger partial charge in [0.15, 0.2) is 0 Å². The minimum atomic E-state index is -3.52. The molecule has 1 heterocycles. The van der Waals surface area contributed by atoms with Crippen LogP contribution in [0.15, 0.2) is 59.5 Å². The van der Waals surface area contributed by atoms with Crippen LogP contribution in [0.3, 0.4) is 0 Å². The Kier molecular flexibility index (Phi) is 4.29. The Labute approximate surface area is 131 Å². The Bertz CT molecular complexity index is 726. The Hall–Kier alpha value is -1.69. The van der Waals surface area contributed by atoms with Crippen molar-refractivity contribution in [1.29, 1.82) is 0 Å². The minimum absolute atomic E-state index is 0.321. The van der Waals surface area contributed by atoms with Crippen molar-refractivity contribution < 1.29 is 13.2 Å². The second kappa shape index (κ2) is 6.20. The lowest BCUT2D eigenvalue weighted by Gasteiger charge is -2.22. The van der Waals surface area contributed by atoms with Crippen LogP contribution in [0.5, 0.6) is 0 Å². The van der Waals surface area contributed by atoms with Gasteiger partial charge in [-0.3, -0.25) is 0 Å². The van der Waals surface area contributed by atoms with E-state index in [0.29, 0.717) is 24.5 Å². The van der Waals surface area contributed by atoms with Crippen molar-refractivity contribution in [2.75, 3.05) is 13.2 Å². The zero-order chi connectivity index (χ0) is 15.6. The van der Waals surface area contributed by atoms with Gasteiger partial charge >= 0.3 is 0 Å². The second-order valence-electron chi connectivity index (χ2n) is 5.44. The van der Waals surface area contributed by atoms with E-state index in [1.54, 1.807) is 12.1 Å². The van der Waals surface area contributed by atoms with Crippen LogP contribution < -0.4 is 0 Å². The van der Waals surface area contributed by atoms with Crippen LogP contribution in [0.2, 0.25) is 0 Å². The summed E-state index contributed by atoms with van der Waals surface area (Å²) in [4.78, 5) is 0.321. The van der Waals surface area contributed by atoms with Crippen molar-refractivity contribution in [3.05, 3.63) is 65.7 Å². The molecular weight excluding hydrogens is 298 g/mol. The highest BCUT2D eigenvalue weighted by atomic mass is 32.2. The standard InChI is InChI=1S/C17H19NO3S/c1-14-7-9-16(10-8-14)22(19,20)18-11-12-21-17(18)13-15-5-3-2-4-6-15/h2-10,17H,11-13H2,1H3/t17-/m0/s1. The van der Waals surface area contributed by atoms with Crippen LogP contribution in [-0.2, 0) is 21.2 Å². The molecule has 1 aliphatic rings. The molecule has 0 unspecified atom stereocenters. The van der Waals surface area contributed by atoms with Gasteiger partial charge < -0.3 is 4.74 Å². The molecule has 0 N–H and O–H groups in total. The topological polar surface area (TPSA) is 46.6 Å². The average molecular weight is 317 g/mol. The number of ether oxygens (including phenoxy) is 1. The van der Waals surface area contributed by atoms with Crippen molar-refractivity contribution in [1.82, 2.24) is 4.31 Å². The maximum Gasteiger partial charge on any atom is 0.245 e. The third-order valence-corrected chi connectivity index (χ3v) is 5.73. The molecule has 0 aliphatic carbocycles. The molecule has 2 aromatic rings. The molecule has 1 aliphatic heterocycles. The Morgan fingerprint density at radius 2 is 1.77 bits per heavy atom. The molecule has 2 aromatic carbocycles.